The third-order valence-electron chi connectivity index (χ3n) is 4.29. The second kappa shape index (κ2) is 6.96. The molecule has 0 bridgehead atoms. The van der Waals surface area contributed by atoms with Gasteiger partial charge >= 0.3 is 0 Å². The highest BCUT2D eigenvalue weighted by Gasteiger charge is 2.10. The average molecular weight is 351 g/mol. The highest BCUT2D eigenvalue weighted by Crippen LogP contribution is 2.29. The van der Waals surface area contributed by atoms with E-state index in [0.717, 1.165) is 23.2 Å². The Balaban J connectivity index is 1.69. The quantitative estimate of drug-likeness (QED) is 0.716. The van der Waals surface area contributed by atoms with E-state index in [1.807, 2.05) is 14.1 Å². The third-order valence-corrected chi connectivity index (χ3v) is 5.27. The summed E-state index contributed by atoms with van der Waals surface area (Å²) in [6.07, 6.45) is 2.14. The number of ether oxygens (including phenoxy) is 1. The van der Waals surface area contributed by atoms with E-state index in [9.17, 15) is 0 Å². The molecule has 0 spiro atoms. The molecule has 0 atom stereocenters. The van der Waals surface area contributed by atoms with E-state index in [1.165, 1.54) is 20.9 Å². The van der Waals surface area contributed by atoms with Crippen molar-refractivity contribution in [2.45, 2.75) is 0 Å². The summed E-state index contributed by atoms with van der Waals surface area (Å²) in [5.74, 6) is 0. The summed E-state index contributed by atoms with van der Waals surface area (Å²) in [7, 11) is 4.09. The molecule has 0 saturated heterocycles. The van der Waals surface area contributed by atoms with E-state index >= 15 is 0 Å². The Labute approximate surface area is 151 Å². The fraction of sp³-hybridized carbons (Fsp3) is 0.250. The van der Waals surface area contributed by atoms with E-state index in [2.05, 4.69) is 63.3 Å². The lowest BCUT2D eigenvalue weighted by atomic mass is 10.2. The summed E-state index contributed by atoms with van der Waals surface area (Å²) in [6, 6.07) is 12.9. The number of nitrogens with zero attached hydrogens (tertiary/aromatic N) is 2. The lowest BCUT2D eigenvalue weighted by molar-refractivity contribution is 0.133. The smallest absolute Gasteiger partial charge is 0.0985 e. The van der Waals surface area contributed by atoms with Gasteiger partial charge in [-0.05, 0) is 37.0 Å². The van der Waals surface area contributed by atoms with Crippen molar-refractivity contribution in [2.75, 3.05) is 33.9 Å². The lowest BCUT2D eigenvalue weighted by Crippen LogP contribution is -2.24. The molecule has 1 N–H and O–H groups in total. The zero-order valence-corrected chi connectivity index (χ0v) is 15.3. The zero-order valence-electron chi connectivity index (χ0n) is 14.5. The van der Waals surface area contributed by atoms with E-state index in [-0.39, 0.29) is 0 Å². The molecular weight excluding hydrogens is 330 g/mol. The van der Waals surface area contributed by atoms with Gasteiger partial charge < -0.3 is 9.64 Å². The number of hydrogen-bond acceptors (Lipinski definition) is 5. The summed E-state index contributed by atoms with van der Waals surface area (Å²) in [5, 5.41) is 11.5. The first kappa shape index (κ1) is 16.3. The number of nitrogens with one attached hydrogen (secondary N) is 1. The van der Waals surface area contributed by atoms with Crippen molar-refractivity contribution in [3.05, 3.63) is 58.4 Å². The molecule has 0 fully saturated rings. The SMILES string of the molecule is CN(C)CCOCC1=Cc2cccc3c(cc4cccsc43)c2=NN1. The van der Waals surface area contributed by atoms with Crippen LogP contribution in [0.4, 0.5) is 0 Å². The molecule has 4 nitrogen and oxygen atoms in total. The van der Waals surface area contributed by atoms with Crippen LogP contribution in [0, 0.1) is 0 Å². The Morgan fingerprint density at radius 1 is 1.16 bits per heavy atom. The first-order valence-electron chi connectivity index (χ1n) is 8.38. The fourth-order valence-corrected chi connectivity index (χ4v) is 3.88. The van der Waals surface area contributed by atoms with Crippen LogP contribution in [0.15, 0.2) is 52.6 Å². The minimum absolute atomic E-state index is 0.545. The van der Waals surface area contributed by atoms with Crippen LogP contribution in [0.25, 0.3) is 26.9 Å². The maximum atomic E-state index is 5.73. The summed E-state index contributed by atoms with van der Waals surface area (Å²) in [6.45, 7) is 2.17. The Bertz CT molecular complexity index is 1020. The van der Waals surface area contributed by atoms with Crippen LogP contribution in [-0.2, 0) is 4.74 Å². The molecule has 1 aromatic heterocycles. The third kappa shape index (κ3) is 3.31. The van der Waals surface area contributed by atoms with E-state index in [0.29, 0.717) is 13.2 Å². The molecule has 2 heterocycles. The highest BCUT2D eigenvalue weighted by atomic mass is 32.1. The van der Waals surface area contributed by atoms with Crippen molar-refractivity contribution in [2.24, 2.45) is 5.10 Å². The Morgan fingerprint density at radius 3 is 2.96 bits per heavy atom. The van der Waals surface area contributed by atoms with Gasteiger partial charge in [-0.2, -0.15) is 5.10 Å². The zero-order chi connectivity index (χ0) is 17.2. The predicted octanol–water partition coefficient (Wildman–Crippen LogP) is 3.39. The Morgan fingerprint density at radius 2 is 2.08 bits per heavy atom. The van der Waals surface area contributed by atoms with Gasteiger partial charge in [-0.1, -0.05) is 30.3 Å². The van der Waals surface area contributed by atoms with Crippen LogP contribution in [0.2, 0.25) is 0 Å². The largest absolute Gasteiger partial charge is 0.374 e. The summed E-state index contributed by atoms with van der Waals surface area (Å²) < 4.78 is 7.04. The average Bonchev–Trinajstić information content (AvgIpc) is 2.88. The van der Waals surface area contributed by atoms with E-state index < -0.39 is 0 Å². The highest BCUT2D eigenvalue weighted by molar-refractivity contribution is 7.17. The van der Waals surface area contributed by atoms with Gasteiger partial charge in [0.2, 0.25) is 0 Å². The summed E-state index contributed by atoms with van der Waals surface area (Å²) in [5.41, 5.74) is 5.28. The van der Waals surface area contributed by atoms with Crippen molar-refractivity contribution in [1.82, 2.24) is 10.3 Å². The molecule has 0 amide bonds. The molecule has 0 radical (unpaired) electrons. The summed E-state index contributed by atoms with van der Waals surface area (Å²) >= 11 is 1.77. The van der Waals surface area contributed by atoms with Crippen molar-refractivity contribution in [3.8, 4) is 0 Å². The van der Waals surface area contributed by atoms with Crippen molar-refractivity contribution >= 4 is 38.3 Å². The monoisotopic (exact) mass is 351 g/mol. The maximum absolute atomic E-state index is 5.73. The molecule has 2 aromatic carbocycles. The minimum atomic E-state index is 0.545. The van der Waals surface area contributed by atoms with Crippen LogP contribution in [-0.4, -0.2) is 38.8 Å². The minimum Gasteiger partial charge on any atom is -0.374 e. The van der Waals surface area contributed by atoms with Gasteiger partial charge in [0.05, 0.1) is 24.3 Å². The molecule has 25 heavy (non-hydrogen) atoms. The van der Waals surface area contributed by atoms with Gasteiger partial charge in [0, 0.05) is 27.6 Å². The second-order valence-corrected chi connectivity index (χ2v) is 7.36. The van der Waals surface area contributed by atoms with Gasteiger partial charge in [-0.3, -0.25) is 5.43 Å². The number of rotatable bonds is 5. The molecule has 0 saturated carbocycles. The molecule has 0 unspecified atom stereocenters. The van der Waals surface area contributed by atoms with Crippen molar-refractivity contribution in [1.29, 1.82) is 0 Å². The van der Waals surface area contributed by atoms with Gasteiger partial charge in [0.25, 0.3) is 0 Å². The molecule has 128 valence electrons. The van der Waals surface area contributed by atoms with Gasteiger partial charge in [0.1, 0.15) is 0 Å². The number of fused-ring (bicyclic) bond motifs is 5. The van der Waals surface area contributed by atoms with Gasteiger partial charge in [-0.25, -0.2) is 0 Å². The Kier molecular flexibility index (Phi) is 4.53. The predicted molar refractivity (Wildman–Crippen MR) is 105 cm³/mol. The first-order valence-corrected chi connectivity index (χ1v) is 9.26. The van der Waals surface area contributed by atoms with E-state index in [4.69, 9.17) is 4.74 Å². The fourth-order valence-electron chi connectivity index (χ4n) is 3.02. The molecule has 1 aliphatic rings. The van der Waals surface area contributed by atoms with Crippen molar-refractivity contribution < 1.29 is 4.74 Å². The topological polar surface area (TPSA) is 36.9 Å². The van der Waals surface area contributed by atoms with Crippen LogP contribution >= 0.6 is 11.3 Å². The molecule has 4 rings (SSSR count). The lowest BCUT2D eigenvalue weighted by Gasteiger charge is -2.13. The Hall–Kier alpha value is -2.21. The van der Waals surface area contributed by atoms with Crippen LogP contribution in [0.3, 0.4) is 0 Å². The molecule has 1 aliphatic heterocycles. The van der Waals surface area contributed by atoms with Crippen LogP contribution < -0.4 is 10.8 Å². The van der Waals surface area contributed by atoms with E-state index in [1.54, 1.807) is 11.3 Å². The first-order chi connectivity index (χ1) is 12.2. The standard InChI is InChI=1S/C20H21N3OS/c1-23(2)8-9-24-13-16-11-14-5-3-7-17-18(19(14)22-21-16)12-15-6-4-10-25-20(15)17/h3-7,10-12,21H,8-9,13H2,1-2H3. The summed E-state index contributed by atoms with van der Waals surface area (Å²) in [4.78, 5) is 2.11. The van der Waals surface area contributed by atoms with Gasteiger partial charge in [0.15, 0.2) is 0 Å². The maximum Gasteiger partial charge on any atom is 0.0985 e. The normalized spacial score (nSPS) is 13.5. The van der Waals surface area contributed by atoms with Crippen molar-refractivity contribution in [3.63, 3.8) is 0 Å². The second-order valence-electron chi connectivity index (χ2n) is 6.45. The van der Waals surface area contributed by atoms with Crippen LogP contribution in [0.1, 0.15) is 5.56 Å². The number of likely N-dealkylation sites (N-methyl/N-ethyl adjacent to an activating group) is 1. The molecular formula is C20H21N3OS. The van der Waals surface area contributed by atoms with Gasteiger partial charge in [-0.15, -0.1) is 11.3 Å². The molecule has 0 aliphatic carbocycles. The molecule has 3 aromatic rings. The van der Waals surface area contributed by atoms with Crippen LogP contribution in [0.5, 0.6) is 0 Å². The molecule has 5 heteroatoms. The number of hydrogen-bond donors (Lipinski definition) is 1.